The van der Waals surface area contributed by atoms with E-state index in [1.54, 1.807) is 0 Å². The summed E-state index contributed by atoms with van der Waals surface area (Å²) >= 11 is 0. The van der Waals surface area contributed by atoms with Gasteiger partial charge in [0, 0.05) is 48.8 Å². The lowest BCUT2D eigenvalue weighted by atomic mass is 10.1. The molecule has 4 N–H and O–H groups in total. The second-order valence-corrected chi connectivity index (χ2v) is 6.92. The molecule has 3 rings (SSSR count). The van der Waals surface area contributed by atoms with Crippen LogP contribution < -0.4 is 16.0 Å². The molecular formula is C23H30IN5O. The number of benzene rings is 2. The van der Waals surface area contributed by atoms with Crippen molar-refractivity contribution >= 4 is 46.7 Å². The second-order valence-electron chi connectivity index (χ2n) is 6.92. The summed E-state index contributed by atoms with van der Waals surface area (Å²) < 4.78 is 0. The van der Waals surface area contributed by atoms with Gasteiger partial charge in [-0.15, -0.1) is 24.0 Å². The van der Waals surface area contributed by atoms with E-state index in [0.29, 0.717) is 25.2 Å². The Morgan fingerprint density at radius 2 is 1.83 bits per heavy atom. The Balaban J connectivity index is 0.00000320. The summed E-state index contributed by atoms with van der Waals surface area (Å²) in [4.78, 5) is 20.1. The number of amides is 1. The van der Waals surface area contributed by atoms with E-state index in [1.165, 1.54) is 10.9 Å². The quantitative estimate of drug-likeness (QED) is 0.159. The van der Waals surface area contributed by atoms with Crippen LogP contribution in [0.5, 0.6) is 0 Å². The van der Waals surface area contributed by atoms with Crippen molar-refractivity contribution < 1.29 is 4.79 Å². The number of carbonyl (C=O) groups excluding carboxylic acids is 1. The maximum Gasteiger partial charge on any atom is 0.251 e. The van der Waals surface area contributed by atoms with E-state index in [4.69, 9.17) is 0 Å². The fraction of sp³-hybridized carbons (Fsp3) is 0.304. The predicted molar refractivity (Wildman–Crippen MR) is 135 cm³/mol. The van der Waals surface area contributed by atoms with Crippen LogP contribution in [0.3, 0.4) is 0 Å². The summed E-state index contributed by atoms with van der Waals surface area (Å²) in [6.45, 7) is 6.63. The van der Waals surface area contributed by atoms with Gasteiger partial charge in [0.25, 0.3) is 5.91 Å². The molecule has 160 valence electrons. The van der Waals surface area contributed by atoms with Gasteiger partial charge >= 0.3 is 0 Å². The van der Waals surface area contributed by atoms with Gasteiger partial charge in [-0.1, -0.05) is 35.9 Å². The average Bonchev–Trinajstić information content (AvgIpc) is 3.14. The SMILES string of the molecule is CCNC(=NCCc1c[nH]c2ccccc12)NCCNC(=O)c1cccc(C)c1.I. The minimum Gasteiger partial charge on any atom is -0.361 e. The monoisotopic (exact) mass is 519 g/mol. The number of aryl methyl sites for hydroxylation is 1. The van der Waals surface area contributed by atoms with E-state index in [2.05, 4.69) is 50.3 Å². The van der Waals surface area contributed by atoms with Crippen LogP contribution >= 0.6 is 24.0 Å². The third-order valence-electron chi connectivity index (χ3n) is 4.65. The second kappa shape index (κ2) is 12.2. The van der Waals surface area contributed by atoms with E-state index >= 15 is 0 Å². The molecule has 0 atom stereocenters. The van der Waals surface area contributed by atoms with Crippen LogP contribution in [-0.4, -0.2) is 43.0 Å². The molecule has 2 aromatic carbocycles. The van der Waals surface area contributed by atoms with Crippen molar-refractivity contribution in [3.05, 3.63) is 71.4 Å². The normalized spacial score (nSPS) is 11.1. The number of nitrogens with zero attached hydrogens (tertiary/aromatic N) is 1. The maximum atomic E-state index is 12.2. The Labute approximate surface area is 195 Å². The molecule has 30 heavy (non-hydrogen) atoms. The highest BCUT2D eigenvalue weighted by Gasteiger charge is 2.05. The van der Waals surface area contributed by atoms with E-state index in [0.717, 1.165) is 30.0 Å². The third kappa shape index (κ3) is 6.76. The molecule has 3 aromatic rings. The summed E-state index contributed by atoms with van der Waals surface area (Å²) in [7, 11) is 0. The van der Waals surface area contributed by atoms with Crippen LogP contribution in [0.1, 0.15) is 28.4 Å². The average molecular weight is 519 g/mol. The van der Waals surface area contributed by atoms with Gasteiger partial charge in [0.05, 0.1) is 0 Å². The zero-order valence-electron chi connectivity index (χ0n) is 17.5. The summed E-state index contributed by atoms with van der Waals surface area (Å²) in [5.41, 5.74) is 4.18. The predicted octanol–water partition coefficient (Wildman–Crippen LogP) is 3.62. The van der Waals surface area contributed by atoms with Crippen molar-refractivity contribution in [1.82, 2.24) is 20.9 Å². The zero-order chi connectivity index (χ0) is 20.5. The lowest BCUT2D eigenvalue weighted by molar-refractivity contribution is 0.0954. The number of H-pyrrole nitrogens is 1. The first-order chi connectivity index (χ1) is 14.2. The standard InChI is InChI=1S/C23H29N5O.HI/c1-3-24-23(26-12-11-19-16-28-21-10-5-4-9-20(19)21)27-14-13-25-22(29)18-8-6-7-17(2)15-18;/h4-10,15-16,28H,3,11-14H2,1-2H3,(H,25,29)(H2,24,26,27);1H. The Bertz CT molecular complexity index is 982. The third-order valence-corrected chi connectivity index (χ3v) is 4.65. The molecule has 1 heterocycles. The number of carbonyl (C=O) groups is 1. The van der Waals surface area contributed by atoms with Crippen molar-refractivity contribution in [2.24, 2.45) is 4.99 Å². The molecule has 1 aromatic heterocycles. The van der Waals surface area contributed by atoms with E-state index in [-0.39, 0.29) is 29.9 Å². The molecule has 0 saturated heterocycles. The number of hydrogen-bond donors (Lipinski definition) is 4. The molecule has 0 aliphatic carbocycles. The van der Waals surface area contributed by atoms with Gasteiger partial charge in [-0.2, -0.15) is 0 Å². The fourth-order valence-corrected chi connectivity index (χ4v) is 3.21. The van der Waals surface area contributed by atoms with Gasteiger partial charge < -0.3 is 20.9 Å². The molecule has 0 bridgehead atoms. The van der Waals surface area contributed by atoms with Crippen LogP contribution in [0.2, 0.25) is 0 Å². The largest absolute Gasteiger partial charge is 0.361 e. The Kier molecular flexibility index (Phi) is 9.66. The summed E-state index contributed by atoms with van der Waals surface area (Å²) in [5.74, 6) is 0.703. The number of fused-ring (bicyclic) bond motifs is 1. The van der Waals surface area contributed by atoms with Crippen LogP contribution in [0.4, 0.5) is 0 Å². The number of aliphatic imine (C=N–C) groups is 1. The summed E-state index contributed by atoms with van der Waals surface area (Å²) in [5, 5.41) is 10.7. The van der Waals surface area contributed by atoms with Gasteiger partial charge in [-0.05, 0) is 44.0 Å². The molecule has 0 aliphatic rings. The first-order valence-corrected chi connectivity index (χ1v) is 10.1. The van der Waals surface area contributed by atoms with Crippen molar-refractivity contribution in [3.63, 3.8) is 0 Å². The van der Waals surface area contributed by atoms with Crippen LogP contribution in [0.15, 0.2) is 59.7 Å². The first kappa shape index (κ1) is 23.7. The number of nitrogens with one attached hydrogen (secondary N) is 4. The first-order valence-electron chi connectivity index (χ1n) is 10.1. The van der Waals surface area contributed by atoms with E-state index < -0.39 is 0 Å². The molecule has 1 amide bonds. The molecule has 0 spiro atoms. The molecule has 0 radical (unpaired) electrons. The van der Waals surface area contributed by atoms with E-state index in [1.807, 2.05) is 44.2 Å². The smallest absolute Gasteiger partial charge is 0.251 e. The van der Waals surface area contributed by atoms with Crippen molar-refractivity contribution in [3.8, 4) is 0 Å². The highest BCUT2D eigenvalue weighted by molar-refractivity contribution is 14.0. The molecule has 0 saturated carbocycles. The van der Waals surface area contributed by atoms with Gasteiger partial charge in [0.1, 0.15) is 0 Å². The van der Waals surface area contributed by atoms with Crippen molar-refractivity contribution in [2.45, 2.75) is 20.3 Å². The Hall–Kier alpha value is -2.55. The van der Waals surface area contributed by atoms with Crippen LogP contribution in [0, 0.1) is 6.92 Å². The van der Waals surface area contributed by atoms with Crippen molar-refractivity contribution in [2.75, 3.05) is 26.2 Å². The zero-order valence-corrected chi connectivity index (χ0v) is 19.8. The number of aromatic nitrogens is 1. The minimum absolute atomic E-state index is 0. The Morgan fingerprint density at radius 3 is 2.63 bits per heavy atom. The number of para-hydroxylation sites is 1. The minimum atomic E-state index is -0.0585. The number of hydrogen-bond acceptors (Lipinski definition) is 2. The molecular weight excluding hydrogens is 489 g/mol. The lowest BCUT2D eigenvalue weighted by Gasteiger charge is -2.12. The molecule has 0 aliphatic heterocycles. The molecule has 0 fully saturated rings. The van der Waals surface area contributed by atoms with Crippen LogP contribution in [-0.2, 0) is 6.42 Å². The summed E-state index contributed by atoms with van der Waals surface area (Å²) in [6, 6.07) is 15.9. The molecule has 7 heteroatoms. The van der Waals surface area contributed by atoms with Crippen LogP contribution in [0.25, 0.3) is 10.9 Å². The van der Waals surface area contributed by atoms with Gasteiger partial charge in [-0.25, -0.2) is 0 Å². The molecule has 6 nitrogen and oxygen atoms in total. The number of aromatic amines is 1. The number of rotatable bonds is 8. The van der Waals surface area contributed by atoms with E-state index in [9.17, 15) is 4.79 Å². The highest BCUT2D eigenvalue weighted by atomic mass is 127. The van der Waals surface area contributed by atoms with Gasteiger partial charge in [0.15, 0.2) is 5.96 Å². The number of halogens is 1. The highest BCUT2D eigenvalue weighted by Crippen LogP contribution is 2.17. The lowest BCUT2D eigenvalue weighted by Crippen LogP contribution is -2.41. The van der Waals surface area contributed by atoms with Gasteiger partial charge in [0.2, 0.25) is 0 Å². The summed E-state index contributed by atoms with van der Waals surface area (Å²) in [6.07, 6.45) is 2.92. The van der Waals surface area contributed by atoms with Gasteiger partial charge in [-0.3, -0.25) is 9.79 Å². The number of guanidine groups is 1. The van der Waals surface area contributed by atoms with Crippen molar-refractivity contribution in [1.29, 1.82) is 0 Å². The molecule has 0 unspecified atom stereocenters. The maximum absolute atomic E-state index is 12.2. The fourth-order valence-electron chi connectivity index (χ4n) is 3.21. The Morgan fingerprint density at radius 1 is 1.03 bits per heavy atom. The topological polar surface area (TPSA) is 81.3 Å².